The van der Waals surface area contributed by atoms with E-state index in [-0.39, 0.29) is 5.97 Å². The van der Waals surface area contributed by atoms with Crippen molar-refractivity contribution in [2.75, 3.05) is 19.5 Å². The molecule has 0 spiro atoms. The van der Waals surface area contributed by atoms with Gasteiger partial charge < -0.3 is 14.8 Å². The number of rotatable bonds is 5. The predicted octanol–water partition coefficient (Wildman–Crippen LogP) is 2.86. The van der Waals surface area contributed by atoms with E-state index in [1.54, 1.807) is 36.6 Å². The van der Waals surface area contributed by atoms with Crippen LogP contribution in [0, 0.1) is 6.92 Å². The van der Waals surface area contributed by atoms with Crippen molar-refractivity contribution in [1.29, 1.82) is 0 Å². The van der Waals surface area contributed by atoms with Gasteiger partial charge in [0, 0.05) is 11.1 Å². The van der Waals surface area contributed by atoms with Crippen LogP contribution < -0.4 is 10.1 Å². The number of ether oxygens (including phenoxy) is 2. The van der Waals surface area contributed by atoms with E-state index >= 15 is 0 Å². The van der Waals surface area contributed by atoms with Crippen molar-refractivity contribution in [1.82, 2.24) is 4.98 Å². The zero-order chi connectivity index (χ0) is 14.5. The van der Waals surface area contributed by atoms with Gasteiger partial charge in [0.25, 0.3) is 0 Å². The van der Waals surface area contributed by atoms with Crippen LogP contribution in [0.25, 0.3) is 0 Å². The third kappa shape index (κ3) is 3.27. The molecule has 2 rings (SSSR count). The number of aromatic nitrogens is 1. The molecule has 20 heavy (non-hydrogen) atoms. The Balaban J connectivity index is 2.13. The van der Waals surface area contributed by atoms with Crippen LogP contribution in [0.4, 0.5) is 5.69 Å². The van der Waals surface area contributed by atoms with Gasteiger partial charge in [-0.1, -0.05) is 0 Å². The third-order valence-corrected chi connectivity index (χ3v) is 3.69. The Hall–Kier alpha value is -2.08. The number of esters is 1. The van der Waals surface area contributed by atoms with Crippen molar-refractivity contribution >= 4 is 23.0 Å². The predicted molar refractivity (Wildman–Crippen MR) is 78.5 cm³/mol. The second kappa shape index (κ2) is 6.38. The first-order valence-corrected chi connectivity index (χ1v) is 6.93. The third-order valence-electron chi connectivity index (χ3n) is 2.72. The molecule has 0 unspecified atom stereocenters. The number of anilines is 1. The molecule has 0 saturated carbocycles. The van der Waals surface area contributed by atoms with E-state index in [9.17, 15) is 4.79 Å². The SMILES string of the molecule is COC(=O)c1ccc(NCc2nc(C)cs2)c(OC)c1. The lowest BCUT2D eigenvalue weighted by Gasteiger charge is -2.11. The summed E-state index contributed by atoms with van der Waals surface area (Å²) in [4.78, 5) is 15.8. The summed E-state index contributed by atoms with van der Waals surface area (Å²) in [6.07, 6.45) is 0. The molecule has 0 radical (unpaired) electrons. The Morgan fingerprint density at radius 1 is 1.40 bits per heavy atom. The van der Waals surface area contributed by atoms with E-state index in [1.165, 1.54) is 7.11 Å². The summed E-state index contributed by atoms with van der Waals surface area (Å²) >= 11 is 1.61. The Bertz CT molecular complexity index is 610. The standard InChI is InChI=1S/C14H16N2O3S/c1-9-8-20-13(16-9)7-15-11-5-4-10(14(17)19-3)6-12(11)18-2/h4-6,8,15H,7H2,1-3H3. The highest BCUT2D eigenvalue weighted by atomic mass is 32.1. The van der Waals surface area contributed by atoms with Gasteiger partial charge in [0.1, 0.15) is 10.8 Å². The summed E-state index contributed by atoms with van der Waals surface area (Å²) in [5.41, 5.74) is 2.29. The smallest absolute Gasteiger partial charge is 0.337 e. The lowest BCUT2D eigenvalue weighted by molar-refractivity contribution is 0.0600. The number of carbonyl (C=O) groups is 1. The van der Waals surface area contributed by atoms with Gasteiger partial charge in [0.05, 0.1) is 32.0 Å². The fourth-order valence-corrected chi connectivity index (χ4v) is 2.45. The molecular weight excluding hydrogens is 276 g/mol. The number of carbonyl (C=O) groups excluding carboxylic acids is 1. The van der Waals surface area contributed by atoms with Crippen LogP contribution >= 0.6 is 11.3 Å². The minimum Gasteiger partial charge on any atom is -0.495 e. The van der Waals surface area contributed by atoms with Crippen LogP contribution in [-0.2, 0) is 11.3 Å². The average molecular weight is 292 g/mol. The van der Waals surface area contributed by atoms with Gasteiger partial charge in [-0.25, -0.2) is 9.78 Å². The molecular formula is C14H16N2O3S. The molecule has 0 atom stereocenters. The maximum absolute atomic E-state index is 11.5. The quantitative estimate of drug-likeness (QED) is 0.859. The van der Waals surface area contributed by atoms with Gasteiger partial charge in [-0.3, -0.25) is 0 Å². The van der Waals surface area contributed by atoms with Crippen LogP contribution in [0.1, 0.15) is 21.1 Å². The Kier molecular flexibility index (Phi) is 4.57. The van der Waals surface area contributed by atoms with E-state index in [2.05, 4.69) is 15.0 Å². The molecule has 2 aromatic rings. The summed E-state index contributed by atoms with van der Waals surface area (Å²) < 4.78 is 9.97. The fraction of sp³-hybridized carbons (Fsp3) is 0.286. The molecule has 0 fully saturated rings. The molecule has 6 heteroatoms. The van der Waals surface area contributed by atoms with Crippen molar-refractivity contribution in [3.05, 3.63) is 39.8 Å². The highest BCUT2D eigenvalue weighted by Crippen LogP contribution is 2.26. The second-order valence-corrected chi connectivity index (χ2v) is 5.09. The Labute approximate surface area is 121 Å². The van der Waals surface area contributed by atoms with Gasteiger partial charge in [-0.2, -0.15) is 0 Å². The minimum absolute atomic E-state index is 0.384. The molecule has 0 amide bonds. The van der Waals surface area contributed by atoms with Gasteiger partial charge in [0.15, 0.2) is 0 Å². The van der Waals surface area contributed by atoms with Crippen molar-refractivity contribution in [3.8, 4) is 5.75 Å². The molecule has 1 aromatic carbocycles. The van der Waals surface area contributed by atoms with Crippen LogP contribution in [-0.4, -0.2) is 25.2 Å². The van der Waals surface area contributed by atoms with Gasteiger partial charge in [0.2, 0.25) is 0 Å². The monoisotopic (exact) mass is 292 g/mol. The number of aryl methyl sites for hydroxylation is 1. The van der Waals surface area contributed by atoms with E-state index in [0.717, 1.165) is 16.4 Å². The second-order valence-electron chi connectivity index (χ2n) is 4.14. The fourth-order valence-electron chi connectivity index (χ4n) is 1.74. The van der Waals surface area contributed by atoms with Gasteiger partial charge in [-0.05, 0) is 25.1 Å². The Morgan fingerprint density at radius 3 is 2.80 bits per heavy atom. The van der Waals surface area contributed by atoms with Gasteiger partial charge in [-0.15, -0.1) is 11.3 Å². The molecule has 1 heterocycles. The number of nitrogens with one attached hydrogen (secondary N) is 1. The summed E-state index contributed by atoms with van der Waals surface area (Å²) in [5, 5.41) is 6.26. The first-order chi connectivity index (χ1) is 9.63. The van der Waals surface area contributed by atoms with E-state index < -0.39 is 0 Å². The van der Waals surface area contributed by atoms with E-state index in [1.807, 2.05) is 12.3 Å². The average Bonchev–Trinajstić information content (AvgIpc) is 2.89. The summed E-state index contributed by atoms with van der Waals surface area (Å²) in [5.74, 6) is 0.214. The zero-order valence-electron chi connectivity index (χ0n) is 11.6. The van der Waals surface area contributed by atoms with E-state index in [4.69, 9.17) is 4.74 Å². The normalized spacial score (nSPS) is 10.2. The molecule has 0 aliphatic heterocycles. The maximum Gasteiger partial charge on any atom is 0.337 e. The lowest BCUT2D eigenvalue weighted by atomic mass is 10.2. The molecule has 0 aliphatic carbocycles. The molecule has 0 saturated heterocycles. The lowest BCUT2D eigenvalue weighted by Crippen LogP contribution is -2.05. The number of hydrogen-bond donors (Lipinski definition) is 1. The number of benzene rings is 1. The van der Waals surface area contributed by atoms with Crippen LogP contribution in [0.2, 0.25) is 0 Å². The number of methoxy groups -OCH3 is 2. The van der Waals surface area contributed by atoms with Crippen molar-refractivity contribution in [2.24, 2.45) is 0 Å². The number of nitrogens with zero attached hydrogens (tertiary/aromatic N) is 1. The molecule has 1 N–H and O–H groups in total. The van der Waals surface area contributed by atoms with Crippen molar-refractivity contribution < 1.29 is 14.3 Å². The van der Waals surface area contributed by atoms with Crippen molar-refractivity contribution in [2.45, 2.75) is 13.5 Å². The number of thiazole rings is 1. The molecule has 106 valence electrons. The molecule has 5 nitrogen and oxygen atoms in total. The summed E-state index contributed by atoms with van der Waals surface area (Å²) in [6, 6.07) is 5.15. The topological polar surface area (TPSA) is 60.5 Å². The highest BCUT2D eigenvalue weighted by Gasteiger charge is 2.10. The summed E-state index contributed by atoms with van der Waals surface area (Å²) in [7, 11) is 2.92. The largest absolute Gasteiger partial charge is 0.495 e. The Morgan fingerprint density at radius 2 is 2.20 bits per heavy atom. The first-order valence-electron chi connectivity index (χ1n) is 6.05. The molecule has 1 aromatic heterocycles. The maximum atomic E-state index is 11.5. The molecule has 0 bridgehead atoms. The van der Waals surface area contributed by atoms with Crippen molar-refractivity contribution in [3.63, 3.8) is 0 Å². The number of hydrogen-bond acceptors (Lipinski definition) is 6. The van der Waals surface area contributed by atoms with Gasteiger partial charge >= 0.3 is 5.97 Å². The highest BCUT2D eigenvalue weighted by molar-refractivity contribution is 7.09. The zero-order valence-corrected chi connectivity index (χ0v) is 12.4. The van der Waals surface area contributed by atoms with E-state index in [0.29, 0.717) is 17.9 Å². The summed E-state index contributed by atoms with van der Waals surface area (Å²) in [6.45, 7) is 2.58. The van der Waals surface area contributed by atoms with Crippen LogP contribution in [0.5, 0.6) is 5.75 Å². The van der Waals surface area contributed by atoms with Crippen LogP contribution in [0.3, 0.4) is 0 Å². The minimum atomic E-state index is -0.384. The first kappa shape index (κ1) is 14.3. The molecule has 0 aliphatic rings. The van der Waals surface area contributed by atoms with Crippen LogP contribution in [0.15, 0.2) is 23.6 Å².